The molecule has 0 aliphatic carbocycles. The average molecular weight is 479 g/mol. The fourth-order valence-corrected chi connectivity index (χ4v) is 6.22. The summed E-state index contributed by atoms with van der Waals surface area (Å²) in [4.78, 5) is 54.4. The molecule has 8 heteroatoms. The number of para-hydroxylation sites is 2. The summed E-state index contributed by atoms with van der Waals surface area (Å²) < 4.78 is 0. The first-order valence-electron chi connectivity index (χ1n) is 11.6. The number of amides is 1. The van der Waals surface area contributed by atoms with Crippen molar-refractivity contribution >= 4 is 40.6 Å². The Bertz CT molecular complexity index is 1510. The Morgan fingerprint density at radius 2 is 1.78 bits per heavy atom. The second-order valence-corrected chi connectivity index (χ2v) is 9.34. The third-order valence-electron chi connectivity index (χ3n) is 7.58. The highest BCUT2D eigenvalue weighted by molar-refractivity contribution is 6.16. The number of hydrogen-bond donors (Lipinski definition) is 1. The van der Waals surface area contributed by atoms with Gasteiger partial charge in [-0.3, -0.25) is 24.5 Å². The van der Waals surface area contributed by atoms with Gasteiger partial charge < -0.3 is 10.2 Å². The molecular weight excluding hydrogens is 458 g/mol. The number of anilines is 2. The predicted molar refractivity (Wildman–Crippen MR) is 134 cm³/mol. The normalized spacial score (nSPS) is 25.2. The van der Waals surface area contributed by atoms with E-state index in [0.717, 1.165) is 11.3 Å². The number of hydrogen-bond acceptors (Lipinski definition) is 6. The Balaban J connectivity index is 1.65. The summed E-state index contributed by atoms with van der Waals surface area (Å²) in [6.07, 6.45) is 3.81. The van der Waals surface area contributed by atoms with Crippen molar-refractivity contribution in [1.82, 2.24) is 0 Å². The van der Waals surface area contributed by atoms with Crippen molar-refractivity contribution < 1.29 is 19.3 Å². The zero-order chi connectivity index (χ0) is 25.2. The van der Waals surface area contributed by atoms with Gasteiger partial charge in [-0.2, -0.15) is 0 Å². The lowest BCUT2D eigenvalue weighted by molar-refractivity contribution is -0.384. The Hall–Kier alpha value is -4.59. The molecule has 0 bridgehead atoms. The monoisotopic (exact) mass is 479 g/mol. The Morgan fingerprint density at radius 3 is 2.56 bits per heavy atom. The van der Waals surface area contributed by atoms with Crippen molar-refractivity contribution in [2.75, 3.05) is 10.2 Å². The van der Waals surface area contributed by atoms with Crippen LogP contribution < -0.4 is 10.2 Å². The van der Waals surface area contributed by atoms with E-state index in [2.05, 4.69) is 5.32 Å². The van der Waals surface area contributed by atoms with Crippen LogP contribution in [0.15, 0.2) is 78.9 Å². The summed E-state index contributed by atoms with van der Waals surface area (Å²) in [6.45, 7) is 1.42. The Kier molecular flexibility index (Phi) is 4.69. The van der Waals surface area contributed by atoms with Crippen molar-refractivity contribution in [1.29, 1.82) is 0 Å². The number of carbonyl (C=O) groups is 3. The van der Waals surface area contributed by atoms with Crippen LogP contribution in [0.4, 0.5) is 17.1 Å². The Labute approximate surface area is 206 Å². The molecule has 1 spiro atoms. The molecule has 3 aromatic rings. The lowest BCUT2D eigenvalue weighted by Gasteiger charge is -2.37. The van der Waals surface area contributed by atoms with E-state index >= 15 is 0 Å². The number of Topliss-reactive ketones (excluding diaryl/α,β-unsaturated/α-hetero) is 2. The molecule has 8 nitrogen and oxygen atoms in total. The molecule has 1 fully saturated rings. The van der Waals surface area contributed by atoms with E-state index in [-0.39, 0.29) is 22.9 Å². The number of ketones is 2. The third-order valence-corrected chi connectivity index (χ3v) is 7.58. The molecule has 3 aromatic carbocycles. The summed E-state index contributed by atoms with van der Waals surface area (Å²) in [5.74, 6) is -2.22. The number of fused-ring (bicyclic) bond motifs is 6. The molecule has 1 saturated heterocycles. The van der Waals surface area contributed by atoms with Crippen molar-refractivity contribution in [3.8, 4) is 0 Å². The minimum atomic E-state index is -1.40. The summed E-state index contributed by atoms with van der Waals surface area (Å²) in [5, 5.41) is 14.4. The molecule has 0 saturated carbocycles. The molecule has 3 aliphatic heterocycles. The van der Waals surface area contributed by atoms with E-state index in [9.17, 15) is 24.5 Å². The van der Waals surface area contributed by atoms with Gasteiger partial charge in [-0.15, -0.1) is 0 Å². The van der Waals surface area contributed by atoms with Gasteiger partial charge in [0.1, 0.15) is 5.41 Å². The molecule has 0 aromatic heterocycles. The molecule has 3 heterocycles. The topological polar surface area (TPSA) is 110 Å². The summed E-state index contributed by atoms with van der Waals surface area (Å²) in [7, 11) is 0. The van der Waals surface area contributed by atoms with Gasteiger partial charge in [0.2, 0.25) is 5.91 Å². The van der Waals surface area contributed by atoms with E-state index in [4.69, 9.17) is 0 Å². The number of nitro benzene ring substituents is 1. The summed E-state index contributed by atoms with van der Waals surface area (Å²) in [6, 6.07) is 18.7. The first kappa shape index (κ1) is 21.9. The lowest BCUT2D eigenvalue weighted by atomic mass is 9.64. The first-order chi connectivity index (χ1) is 17.4. The van der Waals surface area contributed by atoms with Crippen molar-refractivity contribution in [3.05, 3.63) is 106 Å². The van der Waals surface area contributed by atoms with E-state index in [0.29, 0.717) is 11.3 Å². The average Bonchev–Trinajstić information content (AvgIpc) is 3.37. The van der Waals surface area contributed by atoms with Crippen LogP contribution in [0.3, 0.4) is 0 Å². The highest BCUT2D eigenvalue weighted by Crippen LogP contribution is 2.57. The second-order valence-electron chi connectivity index (χ2n) is 9.34. The fraction of sp³-hybridized carbons (Fsp3) is 0.179. The molecule has 4 atom stereocenters. The van der Waals surface area contributed by atoms with Gasteiger partial charge in [-0.05, 0) is 30.2 Å². The van der Waals surface area contributed by atoms with Gasteiger partial charge in [-0.1, -0.05) is 60.7 Å². The number of nitro groups is 1. The van der Waals surface area contributed by atoms with E-state index < -0.39 is 34.1 Å². The fourth-order valence-electron chi connectivity index (χ4n) is 6.22. The van der Waals surface area contributed by atoms with E-state index in [1.54, 1.807) is 12.1 Å². The third kappa shape index (κ3) is 2.78. The highest BCUT2D eigenvalue weighted by Gasteiger charge is 2.69. The largest absolute Gasteiger partial charge is 0.352 e. The van der Waals surface area contributed by atoms with E-state index in [1.165, 1.54) is 31.2 Å². The zero-order valence-electron chi connectivity index (χ0n) is 19.3. The van der Waals surface area contributed by atoms with Crippen LogP contribution >= 0.6 is 0 Å². The molecule has 0 radical (unpaired) electrons. The molecule has 6 rings (SSSR count). The molecular formula is C28H21N3O5. The maximum Gasteiger partial charge on any atom is 0.270 e. The maximum absolute atomic E-state index is 14.3. The van der Waals surface area contributed by atoms with Gasteiger partial charge in [0.15, 0.2) is 11.6 Å². The molecule has 178 valence electrons. The summed E-state index contributed by atoms with van der Waals surface area (Å²) in [5.41, 5.74) is 1.33. The van der Waals surface area contributed by atoms with Gasteiger partial charge in [-0.25, -0.2) is 0 Å². The van der Waals surface area contributed by atoms with Gasteiger partial charge in [0.25, 0.3) is 5.69 Å². The number of nitrogens with zero attached hydrogens (tertiary/aromatic N) is 2. The SMILES string of the molecule is CC(=O)[C@@H]1[C@H](C(=O)c2cccc([N+](=O)[O-])c2)[C@@]2(C(=O)Nc3ccccc32)[C@H]2C=Cc3ccccc3N12. The van der Waals surface area contributed by atoms with Crippen LogP contribution in [0, 0.1) is 16.0 Å². The quantitative estimate of drug-likeness (QED) is 0.342. The van der Waals surface area contributed by atoms with E-state index in [1.807, 2.05) is 53.5 Å². The number of nitrogens with one attached hydrogen (secondary N) is 1. The van der Waals surface area contributed by atoms with Crippen LogP contribution in [0.25, 0.3) is 6.08 Å². The second kappa shape index (κ2) is 7.71. The van der Waals surface area contributed by atoms with Crippen molar-refractivity contribution in [2.45, 2.75) is 24.4 Å². The minimum absolute atomic E-state index is 0.0918. The highest BCUT2D eigenvalue weighted by atomic mass is 16.6. The predicted octanol–water partition coefficient (Wildman–Crippen LogP) is 4.16. The first-order valence-corrected chi connectivity index (χ1v) is 11.6. The van der Waals surface area contributed by atoms with Gasteiger partial charge >= 0.3 is 0 Å². The van der Waals surface area contributed by atoms with Crippen LogP contribution in [0.2, 0.25) is 0 Å². The van der Waals surface area contributed by atoms with Crippen LogP contribution in [-0.4, -0.2) is 34.5 Å². The number of rotatable bonds is 4. The zero-order valence-corrected chi connectivity index (χ0v) is 19.3. The van der Waals surface area contributed by atoms with Gasteiger partial charge in [0.05, 0.1) is 22.9 Å². The van der Waals surface area contributed by atoms with Crippen LogP contribution in [0.1, 0.15) is 28.4 Å². The molecule has 1 N–H and O–H groups in total. The smallest absolute Gasteiger partial charge is 0.270 e. The van der Waals surface area contributed by atoms with Crippen LogP contribution in [0.5, 0.6) is 0 Å². The number of non-ortho nitro benzene ring substituents is 1. The van der Waals surface area contributed by atoms with Gasteiger partial charge in [0, 0.05) is 29.1 Å². The minimum Gasteiger partial charge on any atom is -0.352 e. The summed E-state index contributed by atoms with van der Waals surface area (Å²) >= 11 is 0. The number of carbonyl (C=O) groups excluding carboxylic acids is 3. The van der Waals surface area contributed by atoms with Crippen molar-refractivity contribution in [2.24, 2.45) is 5.92 Å². The molecule has 0 unspecified atom stereocenters. The lowest BCUT2D eigenvalue weighted by Crippen LogP contribution is -2.51. The maximum atomic E-state index is 14.3. The number of benzene rings is 3. The van der Waals surface area contributed by atoms with Crippen molar-refractivity contribution in [3.63, 3.8) is 0 Å². The standard InChI is InChI=1S/C28H21N3O5/c1-16(32)25-24(26(33)18-8-6-9-19(15-18)31(35)36)28(20-10-3-4-11-21(20)29-27(28)34)23-14-13-17-7-2-5-12-22(17)30(23)25/h2-15,23-25H,1H3,(H,29,34)/t23-,24-,25-,28+/m1/s1. The molecule has 3 aliphatic rings. The molecule has 1 amide bonds. The molecule has 36 heavy (non-hydrogen) atoms. The van der Waals surface area contributed by atoms with Crippen LogP contribution in [-0.2, 0) is 15.0 Å². The Morgan fingerprint density at radius 1 is 1.03 bits per heavy atom.